The fourth-order valence-corrected chi connectivity index (χ4v) is 0.892. The van der Waals surface area contributed by atoms with Crippen molar-refractivity contribution in [1.82, 2.24) is 0 Å². The van der Waals surface area contributed by atoms with E-state index in [9.17, 15) is 8.78 Å². The van der Waals surface area contributed by atoms with Crippen LogP contribution in [0.15, 0.2) is 0 Å². The van der Waals surface area contributed by atoms with E-state index in [0.29, 0.717) is 0 Å². The smallest absolute Gasteiger partial charge is 0.204 e. The van der Waals surface area contributed by atoms with Gasteiger partial charge in [0.15, 0.2) is 11.5 Å². The molecule has 0 amide bonds. The van der Waals surface area contributed by atoms with Gasteiger partial charge in [-0.05, 0) is 13.8 Å². The zero-order chi connectivity index (χ0) is 11.5. The Morgan fingerprint density at radius 2 is 1.00 bits per heavy atom. The number of phenols is 2. The molecule has 0 aliphatic carbocycles. The van der Waals surface area contributed by atoms with Crippen LogP contribution in [0.25, 0.3) is 0 Å². The van der Waals surface area contributed by atoms with Crippen molar-refractivity contribution >= 4 is 0 Å². The molecule has 1 aromatic rings. The molecule has 1 rings (SSSR count). The quantitative estimate of drug-likeness (QED) is 0.638. The topological polar surface area (TPSA) is 40.5 Å². The summed E-state index contributed by atoms with van der Waals surface area (Å²) in [7, 11) is 0. The standard InChI is InChI=1S/C8H8F2O2.C2H6/c1-3-4(2)8(12)6(10)5(9)7(3)11;1-2/h11-12H,1-2H3;1-2H3. The Labute approximate surface area is 81.8 Å². The monoisotopic (exact) mass is 204 g/mol. The van der Waals surface area contributed by atoms with Gasteiger partial charge in [0, 0.05) is 11.1 Å². The third-order valence-corrected chi connectivity index (χ3v) is 1.88. The van der Waals surface area contributed by atoms with Crippen molar-refractivity contribution < 1.29 is 19.0 Å². The molecule has 14 heavy (non-hydrogen) atoms. The van der Waals surface area contributed by atoms with Crippen molar-refractivity contribution in [3.8, 4) is 11.5 Å². The van der Waals surface area contributed by atoms with Crippen LogP contribution < -0.4 is 0 Å². The van der Waals surface area contributed by atoms with Crippen molar-refractivity contribution in [2.45, 2.75) is 27.7 Å². The van der Waals surface area contributed by atoms with Gasteiger partial charge < -0.3 is 10.2 Å². The third-order valence-electron chi connectivity index (χ3n) is 1.88. The van der Waals surface area contributed by atoms with Crippen molar-refractivity contribution in [3.05, 3.63) is 22.8 Å². The SMILES string of the molecule is CC.Cc1c(C)c(O)c(F)c(F)c1O. The molecule has 0 spiro atoms. The molecule has 0 bridgehead atoms. The Kier molecular flexibility index (Phi) is 4.34. The lowest BCUT2D eigenvalue weighted by Gasteiger charge is -2.07. The minimum atomic E-state index is -1.41. The summed E-state index contributed by atoms with van der Waals surface area (Å²) in [5, 5.41) is 17.9. The molecule has 2 nitrogen and oxygen atoms in total. The summed E-state index contributed by atoms with van der Waals surface area (Å²) in [6.45, 7) is 6.79. The lowest BCUT2D eigenvalue weighted by molar-refractivity contribution is 0.369. The summed E-state index contributed by atoms with van der Waals surface area (Å²) >= 11 is 0. The highest BCUT2D eigenvalue weighted by Gasteiger charge is 2.18. The van der Waals surface area contributed by atoms with Crippen LogP contribution in [-0.2, 0) is 0 Å². The molecule has 0 aliphatic rings. The minimum absolute atomic E-state index is 0.145. The summed E-state index contributed by atoms with van der Waals surface area (Å²) in [5.74, 6) is -4.31. The maximum absolute atomic E-state index is 12.6. The number of rotatable bonds is 0. The lowest BCUT2D eigenvalue weighted by atomic mass is 10.1. The number of hydrogen-bond acceptors (Lipinski definition) is 2. The average Bonchev–Trinajstić information content (AvgIpc) is 2.24. The van der Waals surface area contributed by atoms with E-state index in [-0.39, 0.29) is 11.1 Å². The van der Waals surface area contributed by atoms with Gasteiger partial charge >= 0.3 is 0 Å². The maximum Gasteiger partial charge on any atom is 0.204 e. The van der Waals surface area contributed by atoms with Crippen LogP contribution in [0.1, 0.15) is 25.0 Å². The second-order valence-electron chi connectivity index (χ2n) is 2.58. The van der Waals surface area contributed by atoms with E-state index in [1.54, 1.807) is 0 Å². The van der Waals surface area contributed by atoms with E-state index < -0.39 is 23.1 Å². The highest BCUT2D eigenvalue weighted by atomic mass is 19.2. The maximum atomic E-state index is 12.6. The van der Waals surface area contributed by atoms with Gasteiger partial charge in [-0.1, -0.05) is 13.8 Å². The van der Waals surface area contributed by atoms with Crippen LogP contribution in [0.4, 0.5) is 8.78 Å². The summed E-state index contributed by atoms with van der Waals surface area (Å²) in [4.78, 5) is 0. The van der Waals surface area contributed by atoms with Gasteiger partial charge in [0.25, 0.3) is 0 Å². The summed E-state index contributed by atoms with van der Waals surface area (Å²) in [6, 6.07) is 0. The first-order valence-electron chi connectivity index (χ1n) is 4.33. The van der Waals surface area contributed by atoms with Crippen molar-refractivity contribution in [2.75, 3.05) is 0 Å². The molecular formula is C10H14F2O2. The van der Waals surface area contributed by atoms with Crippen LogP contribution in [0, 0.1) is 25.5 Å². The Bertz CT molecular complexity index is 230. The number of halogens is 2. The first-order chi connectivity index (χ1) is 6.46. The lowest BCUT2D eigenvalue weighted by Crippen LogP contribution is -1.93. The van der Waals surface area contributed by atoms with E-state index in [0.717, 1.165) is 0 Å². The van der Waals surface area contributed by atoms with Gasteiger partial charge in [-0.15, -0.1) is 0 Å². The van der Waals surface area contributed by atoms with Gasteiger partial charge in [-0.2, -0.15) is 8.78 Å². The van der Waals surface area contributed by atoms with Gasteiger partial charge in [-0.3, -0.25) is 0 Å². The zero-order valence-electron chi connectivity index (χ0n) is 8.65. The predicted octanol–water partition coefficient (Wildman–Crippen LogP) is 3.02. The molecule has 0 atom stereocenters. The van der Waals surface area contributed by atoms with Crippen LogP contribution >= 0.6 is 0 Å². The number of benzene rings is 1. The van der Waals surface area contributed by atoms with Gasteiger partial charge in [-0.25, -0.2) is 0 Å². The highest BCUT2D eigenvalue weighted by molar-refractivity contribution is 5.47. The minimum Gasteiger partial charge on any atom is -0.505 e. The molecule has 0 fully saturated rings. The van der Waals surface area contributed by atoms with E-state index in [4.69, 9.17) is 10.2 Å². The van der Waals surface area contributed by atoms with E-state index in [1.165, 1.54) is 13.8 Å². The molecule has 2 N–H and O–H groups in total. The highest BCUT2D eigenvalue weighted by Crippen LogP contribution is 2.33. The summed E-state index contributed by atoms with van der Waals surface area (Å²) in [5.41, 5.74) is 0.290. The third kappa shape index (κ3) is 1.95. The largest absolute Gasteiger partial charge is 0.505 e. The average molecular weight is 204 g/mol. The van der Waals surface area contributed by atoms with Gasteiger partial charge in [0.05, 0.1) is 0 Å². The van der Waals surface area contributed by atoms with Crippen LogP contribution in [0.3, 0.4) is 0 Å². The fourth-order valence-electron chi connectivity index (χ4n) is 0.892. The molecule has 0 saturated heterocycles. The van der Waals surface area contributed by atoms with Crippen LogP contribution in [0.2, 0.25) is 0 Å². The van der Waals surface area contributed by atoms with Crippen LogP contribution in [-0.4, -0.2) is 10.2 Å². The molecule has 4 heteroatoms. The molecule has 80 valence electrons. The molecule has 0 heterocycles. The molecule has 1 aromatic carbocycles. The van der Waals surface area contributed by atoms with Crippen molar-refractivity contribution in [1.29, 1.82) is 0 Å². The predicted molar refractivity (Wildman–Crippen MR) is 50.5 cm³/mol. The molecular weight excluding hydrogens is 190 g/mol. The molecule has 0 saturated carbocycles. The van der Waals surface area contributed by atoms with E-state index >= 15 is 0 Å². The van der Waals surface area contributed by atoms with Gasteiger partial charge in [0.2, 0.25) is 11.6 Å². The van der Waals surface area contributed by atoms with Crippen LogP contribution in [0.5, 0.6) is 11.5 Å². The van der Waals surface area contributed by atoms with E-state index in [2.05, 4.69) is 0 Å². The van der Waals surface area contributed by atoms with Crippen molar-refractivity contribution in [3.63, 3.8) is 0 Å². The van der Waals surface area contributed by atoms with E-state index in [1.807, 2.05) is 13.8 Å². The molecule has 0 aromatic heterocycles. The fraction of sp³-hybridized carbons (Fsp3) is 0.400. The number of phenolic OH excluding ortho intramolecular Hbond substituents is 2. The Balaban J connectivity index is 0.000000791. The molecule has 0 aliphatic heterocycles. The second kappa shape index (κ2) is 4.79. The summed E-state index contributed by atoms with van der Waals surface area (Å²) in [6.07, 6.45) is 0. The zero-order valence-corrected chi connectivity index (χ0v) is 8.65. The van der Waals surface area contributed by atoms with Crippen molar-refractivity contribution in [2.24, 2.45) is 0 Å². The summed E-state index contributed by atoms with van der Waals surface area (Å²) < 4.78 is 25.3. The first-order valence-corrected chi connectivity index (χ1v) is 4.33. The molecule has 0 radical (unpaired) electrons. The second-order valence-corrected chi connectivity index (χ2v) is 2.58. The Morgan fingerprint density at radius 1 is 0.786 bits per heavy atom. The first kappa shape index (κ1) is 12.7. The molecule has 0 unspecified atom stereocenters. The normalized spacial score (nSPS) is 9.29. The Morgan fingerprint density at radius 3 is 1.21 bits per heavy atom. The van der Waals surface area contributed by atoms with Gasteiger partial charge in [0.1, 0.15) is 0 Å². The number of aromatic hydroxyl groups is 2. The number of hydrogen-bond donors (Lipinski definition) is 2. The Hall–Kier alpha value is -1.32.